The van der Waals surface area contributed by atoms with Gasteiger partial charge in [0.25, 0.3) is 5.91 Å². The van der Waals surface area contributed by atoms with Crippen LogP contribution in [0.1, 0.15) is 39.0 Å². The average Bonchev–Trinajstić information content (AvgIpc) is 2.61. The molecule has 6 nitrogen and oxygen atoms in total. The highest BCUT2D eigenvalue weighted by Crippen LogP contribution is 2.40. The van der Waals surface area contributed by atoms with Gasteiger partial charge in [0, 0.05) is 11.8 Å². The van der Waals surface area contributed by atoms with Crippen molar-refractivity contribution < 1.29 is 23.9 Å². The quantitative estimate of drug-likeness (QED) is 0.790. The number of carbonyl (C=O) groups is 3. The molecule has 26 heavy (non-hydrogen) atoms. The Morgan fingerprint density at radius 3 is 2.54 bits per heavy atom. The molecular weight excluding hydrogens is 334 g/mol. The molecular formula is C20H25NO5. The van der Waals surface area contributed by atoms with Crippen LogP contribution in [-0.2, 0) is 19.1 Å². The number of Topliss-reactive ketones (excluding diaryl/α,β-unsaturated/α-hetero) is 1. The number of amides is 1. The number of nitrogens with one attached hydrogen (secondary N) is 1. The average molecular weight is 359 g/mol. The Kier molecular flexibility index (Phi) is 5.91. The molecule has 2 fully saturated rings. The van der Waals surface area contributed by atoms with E-state index < -0.39 is 5.91 Å². The third-order valence-electron chi connectivity index (χ3n) is 5.19. The number of esters is 1. The molecule has 2 saturated carbocycles. The third kappa shape index (κ3) is 4.23. The van der Waals surface area contributed by atoms with Crippen molar-refractivity contribution in [3.8, 4) is 5.75 Å². The molecule has 2 aliphatic rings. The SMILES string of the molecule is CCOc1ccccc1NC(=O)COC(=O)C1C[C@H]2CCC[C@H](C1)C2=O. The molecule has 1 amide bonds. The molecule has 1 aromatic rings. The number of hydrogen-bond acceptors (Lipinski definition) is 5. The Morgan fingerprint density at radius 1 is 1.15 bits per heavy atom. The fourth-order valence-electron chi connectivity index (χ4n) is 3.96. The Bertz CT molecular complexity index is 671. The van der Waals surface area contributed by atoms with Crippen LogP contribution in [0.3, 0.4) is 0 Å². The van der Waals surface area contributed by atoms with Gasteiger partial charge in [-0.2, -0.15) is 0 Å². The van der Waals surface area contributed by atoms with Crippen molar-refractivity contribution in [1.29, 1.82) is 0 Å². The van der Waals surface area contributed by atoms with Gasteiger partial charge < -0.3 is 14.8 Å². The van der Waals surface area contributed by atoms with Crippen LogP contribution in [0.4, 0.5) is 5.69 Å². The zero-order chi connectivity index (χ0) is 18.5. The number of hydrogen-bond donors (Lipinski definition) is 1. The van der Waals surface area contributed by atoms with E-state index in [1.54, 1.807) is 18.2 Å². The monoisotopic (exact) mass is 359 g/mol. The van der Waals surface area contributed by atoms with Crippen molar-refractivity contribution in [1.82, 2.24) is 0 Å². The molecule has 0 aliphatic heterocycles. The lowest BCUT2D eigenvalue weighted by Gasteiger charge is -2.36. The van der Waals surface area contributed by atoms with Crippen LogP contribution in [0, 0.1) is 17.8 Å². The molecule has 2 aliphatic carbocycles. The number of fused-ring (bicyclic) bond motifs is 2. The molecule has 0 unspecified atom stereocenters. The number of anilines is 1. The van der Waals surface area contributed by atoms with E-state index in [1.807, 2.05) is 13.0 Å². The molecule has 2 bridgehead atoms. The summed E-state index contributed by atoms with van der Waals surface area (Å²) in [6, 6.07) is 7.12. The Morgan fingerprint density at radius 2 is 1.85 bits per heavy atom. The lowest BCUT2D eigenvalue weighted by atomic mass is 9.67. The van der Waals surface area contributed by atoms with Crippen LogP contribution in [0.2, 0.25) is 0 Å². The molecule has 2 atom stereocenters. The first-order valence-electron chi connectivity index (χ1n) is 9.30. The van der Waals surface area contributed by atoms with E-state index in [2.05, 4.69) is 5.32 Å². The summed E-state index contributed by atoms with van der Waals surface area (Å²) in [5.41, 5.74) is 0.549. The lowest BCUT2D eigenvalue weighted by molar-refractivity contribution is -0.155. The summed E-state index contributed by atoms with van der Waals surface area (Å²) >= 11 is 0. The summed E-state index contributed by atoms with van der Waals surface area (Å²) in [5.74, 6) is -0.176. The van der Waals surface area contributed by atoms with Crippen LogP contribution in [-0.4, -0.2) is 30.9 Å². The summed E-state index contributed by atoms with van der Waals surface area (Å²) in [5, 5.41) is 2.71. The lowest BCUT2D eigenvalue weighted by Crippen LogP contribution is -2.40. The van der Waals surface area contributed by atoms with Gasteiger partial charge in [-0.1, -0.05) is 18.6 Å². The molecule has 3 rings (SSSR count). The van der Waals surface area contributed by atoms with Crippen LogP contribution in [0.15, 0.2) is 24.3 Å². The van der Waals surface area contributed by atoms with Gasteiger partial charge in [0.05, 0.1) is 18.2 Å². The normalized spacial score (nSPS) is 24.7. The highest BCUT2D eigenvalue weighted by atomic mass is 16.5. The highest BCUT2D eigenvalue weighted by molar-refractivity contribution is 5.94. The zero-order valence-corrected chi connectivity index (χ0v) is 15.0. The fraction of sp³-hybridized carbons (Fsp3) is 0.550. The summed E-state index contributed by atoms with van der Waals surface area (Å²) < 4.78 is 10.7. The fourth-order valence-corrected chi connectivity index (χ4v) is 3.96. The zero-order valence-electron chi connectivity index (χ0n) is 15.0. The number of carbonyl (C=O) groups excluding carboxylic acids is 3. The molecule has 0 radical (unpaired) electrons. The van der Waals surface area contributed by atoms with Gasteiger partial charge in [0.1, 0.15) is 11.5 Å². The molecule has 140 valence electrons. The smallest absolute Gasteiger partial charge is 0.309 e. The van der Waals surface area contributed by atoms with Crippen molar-refractivity contribution in [2.45, 2.75) is 39.0 Å². The molecule has 0 spiro atoms. The van der Waals surface area contributed by atoms with E-state index in [-0.39, 0.29) is 30.3 Å². The van der Waals surface area contributed by atoms with Gasteiger partial charge in [-0.05, 0) is 44.7 Å². The Balaban J connectivity index is 1.50. The minimum absolute atomic E-state index is 0.00746. The second-order valence-corrected chi connectivity index (χ2v) is 6.98. The predicted molar refractivity (Wildman–Crippen MR) is 95.8 cm³/mol. The van der Waals surface area contributed by atoms with Crippen LogP contribution >= 0.6 is 0 Å². The molecule has 0 aromatic heterocycles. The first-order chi connectivity index (χ1) is 12.6. The number of ether oxygens (including phenoxy) is 2. The van der Waals surface area contributed by atoms with Gasteiger partial charge in [0.2, 0.25) is 0 Å². The third-order valence-corrected chi connectivity index (χ3v) is 5.19. The number of ketones is 1. The molecule has 0 saturated heterocycles. The molecule has 6 heteroatoms. The number of benzene rings is 1. The van der Waals surface area contributed by atoms with Crippen LogP contribution < -0.4 is 10.1 Å². The van der Waals surface area contributed by atoms with E-state index in [1.165, 1.54) is 0 Å². The van der Waals surface area contributed by atoms with Crippen molar-refractivity contribution in [2.75, 3.05) is 18.5 Å². The van der Waals surface area contributed by atoms with Crippen LogP contribution in [0.25, 0.3) is 0 Å². The first kappa shape index (κ1) is 18.4. The standard InChI is InChI=1S/C20H25NO5/c1-2-25-17-9-4-3-8-16(17)21-18(22)12-26-20(24)15-10-13-6-5-7-14(11-15)19(13)23/h3-4,8-9,13-15H,2,5-7,10-12H2,1H3,(H,21,22)/t13-,14-/m1/s1. The topological polar surface area (TPSA) is 81.7 Å². The van der Waals surface area contributed by atoms with Crippen molar-refractivity contribution in [2.24, 2.45) is 17.8 Å². The second-order valence-electron chi connectivity index (χ2n) is 6.98. The van der Waals surface area contributed by atoms with Gasteiger partial charge >= 0.3 is 5.97 Å². The van der Waals surface area contributed by atoms with Crippen molar-refractivity contribution in [3.63, 3.8) is 0 Å². The molecule has 1 aromatic carbocycles. The van der Waals surface area contributed by atoms with E-state index >= 15 is 0 Å². The van der Waals surface area contributed by atoms with E-state index in [4.69, 9.17) is 9.47 Å². The highest BCUT2D eigenvalue weighted by Gasteiger charge is 2.41. The Hall–Kier alpha value is -2.37. The minimum atomic E-state index is -0.405. The summed E-state index contributed by atoms with van der Waals surface area (Å²) in [7, 11) is 0. The second kappa shape index (κ2) is 8.34. The maximum absolute atomic E-state index is 12.3. The maximum Gasteiger partial charge on any atom is 0.309 e. The van der Waals surface area contributed by atoms with Crippen LogP contribution in [0.5, 0.6) is 5.75 Å². The van der Waals surface area contributed by atoms with Crippen molar-refractivity contribution in [3.05, 3.63) is 24.3 Å². The number of rotatable bonds is 6. The summed E-state index contributed by atoms with van der Waals surface area (Å²) in [4.78, 5) is 36.5. The largest absolute Gasteiger partial charge is 0.492 e. The Labute approximate surface area is 153 Å². The van der Waals surface area contributed by atoms with Crippen molar-refractivity contribution >= 4 is 23.3 Å². The van der Waals surface area contributed by atoms with Gasteiger partial charge in [-0.15, -0.1) is 0 Å². The van der Waals surface area contributed by atoms with Gasteiger partial charge in [0.15, 0.2) is 6.61 Å². The summed E-state index contributed by atoms with van der Waals surface area (Å²) in [6.07, 6.45) is 3.91. The molecule has 0 heterocycles. The number of para-hydroxylation sites is 2. The van der Waals surface area contributed by atoms with E-state index in [9.17, 15) is 14.4 Å². The van der Waals surface area contributed by atoms with E-state index in [0.29, 0.717) is 36.7 Å². The van der Waals surface area contributed by atoms with Gasteiger partial charge in [-0.25, -0.2) is 0 Å². The first-order valence-corrected chi connectivity index (χ1v) is 9.30. The minimum Gasteiger partial charge on any atom is -0.492 e. The van der Waals surface area contributed by atoms with Gasteiger partial charge in [-0.3, -0.25) is 14.4 Å². The maximum atomic E-state index is 12.3. The predicted octanol–water partition coefficient (Wildman–Crippen LogP) is 2.96. The molecule has 1 N–H and O–H groups in total. The summed E-state index contributed by atoms with van der Waals surface area (Å²) in [6.45, 7) is 2.02. The van der Waals surface area contributed by atoms with E-state index in [0.717, 1.165) is 19.3 Å².